The SMILES string of the molecule is CCOc1ccc(NC2=C(c3ccc(C)cc3C)C(=O)N(Cc3ccccc3Cl)C2=O)cc1. The lowest BCUT2D eigenvalue weighted by Gasteiger charge is -2.16. The van der Waals surface area contributed by atoms with Crippen LogP contribution in [0.25, 0.3) is 5.57 Å². The van der Waals surface area contributed by atoms with Crippen LogP contribution in [-0.4, -0.2) is 23.3 Å². The van der Waals surface area contributed by atoms with Gasteiger partial charge in [0.05, 0.1) is 18.7 Å². The zero-order valence-corrected chi connectivity index (χ0v) is 19.6. The first kappa shape index (κ1) is 22.6. The van der Waals surface area contributed by atoms with Crippen molar-refractivity contribution in [3.63, 3.8) is 0 Å². The van der Waals surface area contributed by atoms with Crippen molar-refractivity contribution in [2.24, 2.45) is 0 Å². The summed E-state index contributed by atoms with van der Waals surface area (Å²) in [5, 5.41) is 3.70. The number of hydrogen-bond acceptors (Lipinski definition) is 4. The molecule has 5 nitrogen and oxygen atoms in total. The molecule has 3 aromatic carbocycles. The van der Waals surface area contributed by atoms with Gasteiger partial charge in [-0.25, -0.2) is 0 Å². The van der Waals surface area contributed by atoms with Crippen molar-refractivity contribution in [2.45, 2.75) is 27.3 Å². The number of hydrogen-bond donors (Lipinski definition) is 1. The van der Waals surface area contributed by atoms with Crippen LogP contribution in [0.5, 0.6) is 5.75 Å². The Hall–Kier alpha value is -3.57. The van der Waals surface area contributed by atoms with E-state index >= 15 is 0 Å². The van der Waals surface area contributed by atoms with Crippen LogP contribution in [0.15, 0.2) is 72.4 Å². The molecule has 0 radical (unpaired) electrons. The quantitative estimate of drug-likeness (QED) is 0.456. The van der Waals surface area contributed by atoms with Crippen molar-refractivity contribution >= 4 is 34.7 Å². The normalized spacial score (nSPS) is 13.6. The Labute approximate surface area is 198 Å². The predicted octanol–water partition coefficient (Wildman–Crippen LogP) is 5.75. The summed E-state index contributed by atoms with van der Waals surface area (Å²) < 4.78 is 5.50. The van der Waals surface area contributed by atoms with Crippen LogP contribution in [0, 0.1) is 13.8 Å². The summed E-state index contributed by atoms with van der Waals surface area (Å²) in [6.45, 7) is 6.52. The molecule has 0 fully saturated rings. The maximum atomic E-state index is 13.6. The summed E-state index contributed by atoms with van der Waals surface area (Å²) in [5.74, 6) is 0.00453. The minimum absolute atomic E-state index is 0.0974. The van der Waals surface area contributed by atoms with E-state index in [-0.39, 0.29) is 24.1 Å². The van der Waals surface area contributed by atoms with Gasteiger partial charge < -0.3 is 10.1 Å². The minimum atomic E-state index is -0.385. The fraction of sp³-hybridized carbons (Fsp3) is 0.185. The van der Waals surface area contributed by atoms with Gasteiger partial charge in [0, 0.05) is 10.7 Å². The van der Waals surface area contributed by atoms with Crippen molar-refractivity contribution in [2.75, 3.05) is 11.9 Å². The number of aryl methyl sites for hydroxylation is 2. The number of carbonyl (C=O) groups is 2. The molecule has 0 aromatic heterocycles. The average Bonchev–Trinajstić information content (AvgIpc) is 3.01. The zero-order chi connectivity index (χ0) is 23.5. The van der Waals surface area contributed by atoms with E-state index in [1.54, 1.807) is 6.07 Å². The van der Waals surface area contributed by atoms with Gasteiger partial charge in [-0.1, -0.05) is 53.6 Å². The molecule has 0 saturated carbocycles. The molecule has 0 saturated heterocycles. The van der Waals surface area contributed by atoms with E-state index in [0.717, 1.165) is 22.4 Å². The highest BCUT2D eigenvalue weighted by atomic mass is 35.5. The van der Waals surface area contributed by atoms with E-state index in [9.17, 15) is 9.59 Å². The molecule has 33 heavy (non-hydrogen) atoms. The maximum Gasteiger partial charge on any atom is 0.278 e. The summed E-state index contributed by atoms with van der Waals surface area (Å²) in [6.07, 6.45) is 0. The first-order valence-electron chi connectivity index (χ1n) is 10.8. The van der Waals surface area contributed by atoms with E-state index in [2.05, 4.69) is 5.32 Å². The smallest absolute Gasteiger partial charge is 0.278 e. The Morgan fingerprint density at radius 1 is 0.939 bits per heavy atom. The number of imide groups is 1. The highest BCUT2D eigenvalue weighted by Gasteiger charge is 2.40. The van der Waals surface area contributed by atoms with Crippen LogP contribution in [0.3, 0.4) is 0 Å². The van der Waals surface area contributed by atoms with E-state index < -0.39 is 0 Å². The van der Waals surface area contributed by atoms with Crippen molar-refractivity contribution in [1.29, 1.82) is 0 Å². The first-order chi connectivity index (χ1) is 15.9. The molecule has 3 aromatic rings. The van der Waals surface area contributed by atoms with Crippen LogP contribution in [0.1, 0.15) is 29.2 Å². The summed E-state index contributed by atoms with van der Waals surface area (Å²) in [5.41, 5.74) is 4.76. The van der Waals surface area contributed by atoms with Gasteiger partial charge in [0.1, 0.15) is 11.4 Å². The Morgan fingerprint density at radius 3 is 2.33 bits per heavy atom. The summed E-state index contributed by atoms with van der Waals surface area (Å²) in [4.78, 5) is 28.3. The summed E-state index contributed by atoms with van der Waals surface area (Å²) in [6, 6.07) is 20.4. The second-order valence-corrected chi connectivity index (χ2v) is 8.35. The molecule has 4 rings (SSSR count). The molecule has 0 unspecified atom stereocenters. The lowest BCUT2D eigenvalue weighted by Crippen LogP contribution is -2.32. The molecule has 0 aliphatic carbocycles. The van der Waals surface area contributed by atoms with Gasteiger partial charge in [0.15, 0.2) is 0 Å². The molecule has 0 bridgehead atoms. The van der Waals surface area contributed by atoms with Gasteiger partial charge >= 0.3 is 0 Å². The lowest BCUT2D eigenvalue weighted by molar-refractivity contribution is -0.137. The molecule has 2 amide bonds. The number of halogens is 1. The number of ether oxygens (including phenoxy) is 1. The molecule has 1 aliphatic heterocycles. The summed E-state index contributed by atoms with van der Waals surface area (Å²) in [7, 11) is 0. The lowest BCUT2D eigenvalue weighted by atomic mass is 9.97. The molecular weight excluding hydrogens is 436 g/mol. The zero-order valence-electron chi connectivity index (χ0n) is 18.8. The molecular formula is C27H25ClN2O3. The Bertz CT molecular complexity index is 1250. The minimum Gasteiger partial charge on any atom is -0.494 e. The number of nitrogens with one attached hydrogen (secondary N) is 1. The molecule has 0 spiro atoms. The fourth-order valence-electron chi connectivity index (χ4n) is 3.92. The highest BCUT2D eigenvalue weighted by Crippen LogP contribution is 2.34. The molecule has 6 heteroatoms. The second-order valence-electron chi connectivity index (χ2n) is 7.94. The molecule has 1 aliphatic rings. The van der Waals surface area contributed by atoms with Gasteiger partial charge in [-0.15, -0.1) is 0 Å². The topological polar surface area (TPSA) is 58.6 Å². The number of amides is 2. The summed E-state index contributed by atoms with van der Waals surface area (Å²) >= 11 is 6.31. The van der Waals surface area contributed by atoms with Gasteiger partial charge in [-0.2, -0.15) is 0 Å². The predicted molar refractivity (Wildman–Crippen MR) is 131 cm³/mol. The van der Waals surface area contributed by atoms with Gasteiger partial charge in [0.25, 0.3) is 11.8 Å². The number of carbonyl (C=O) groups excluding carboxylic acids is 2. The number of nitrogens with zero attached hydrogens (tertiary/aromatic N) is 1. The second kappa shape index (κ2) is 9.51. The fourth-order valence-corrected chi connectivity index (χ4v) is 4.12. The van der Waals surface area contributed by atoms with Crippen LogP contribution in [-0.2, 0) is 16.1 Å². The van der Waals surface area contributed by atoms with E-state index in [0.29, 0.717) is 28.5 Å². The standard InChI is InChI=1S/C27H25ClN2O3/c1-4-33-21-12-10-20(11-13-21)29-25-24(22-14-9-17(2)15-18(22)3)26(31)30(27(25)32)16-19-7-5-6-8-23(19)28/h5-15,29H,4,16H2,1-3H3. The van der Waals surface area contributed by atoms with Gasteiger partial charge in [-0.3, -0.25) is 14.5 Å². The molecule has 168 valence electrons. The van der Waals surface area contributed by atoms with Gasteiger partial charge in [0.2, 0.25) is 0 Å². The molecule has 0 atom stereocenters. The number of benzene rings is 3. The van der Waals surface area contributed by atoms with E-state index in [1.807, 2.05) is 81.4 Å². The van der Waals surface area contributed by atoms with Crippen molar-refractivity contribution in [3.05, 3.63) is 99.7 Å². The highest BCUT2D eigenvalue weighted by molar-refractivity contribution is 6.37. The van der Waals surface area contributed by atoms with Gasteiger partial charge in [-0.05, 0) is 67.8 Å². The Morgan fingerprint density at radius 2 is 1.67 bits per heavy atom. The number of anilines is 1. The van der Waals surface area contributed by atoms with E-state index in [1.165, 1.54) is 4.90 Å². The van der Waals surface area contributed by atoms with Crippen molar-refractivity contribution in [1.82, 2.24) is 4.90 Å². The van der Waals surface area contributed by atoms with Crippen LogP contribution in [0.2, 0.25) is 5.02 Å². The third-order valence-electron chi connectivity index (χ3n) is 5.54. The number of rotatable bonds is 7. The third-order valence-corrected chi connectivity index (χ3v) is 5.91. The monoisotopic (exact) mass is 460 g/mol. The van der Waals surface area contributed by atoms with Crippen molar-refractivity contribution in [3.8, 4) is 5.75 Å². The van der Waals surface area contributed by atoms with Crippen LogP contribution in [0.4, 0.5) is 5.69 Å². The van der Waals surface area contributed by atoms with Crippen LogP contribution < -0.4 is 10.1 Å². The Kier molecular flexibility index (Phi) is 6.52. The maximum absolute atomic E-state index is 13.6. The van der Waals surface area contributed by atoms with Crippen molar-refractivity contribution < 1.29 is 14.3 Å². The average molecular weight is 461 g/mol. The molecule has 1 N–H and O–H groups in total. The third kappa shape index (κ3) is 4.64. The van der Waals surface area contributed by atoms with E-state index in [4.69, 9.17) is 16.3 Å². The first-order valence-corrected chi connectivity index (χ1v) is 11.2. The van der Waals surface area contributed by atoms with Crippen LogP contribution >= 0.6 is 11.6 Å². The largest absolute Gasteiger partial charge is 0.494 e. The Balaban J connectivity index is 1.74. The molecule has 1 heterocycles.